The number of nitrogens with zero attached hydrogens (tertiary/aromatic N) is 2. The Morgan fingerprint density at radius 1 is 1.13 bits per heavy atom. The summed E-state index contributed by atoms with van der Waals surface area (Å²) in [4.78, 5) is 16.7. The van der Waals surface area contributed by atoms with Gasteiger partial charge in [-0.05, 0) is 40.7 Å². The summed E-state index contributed by atoms with van der Waals surface area (Å²) in [5.74, 6) is 0.382. The summed E-state index contributed by atoms with van der Waals surface area (Å²) in [5, 5.41) is 14.9. The Balaban J connectivity index is 1.68. The van der Waals surface area contributed by atoms with Crippen molar-refractivity contribution in [3.8, 4) is 5.75 Å². The maximum Gasteiger partial charge on any atom is 0.250 e. The molecule has 2 N–H and O–H groups in total. The van der Waals surface area contributed by atoms with Crippen molar-refractivity contribution in [1.82, 2.24) is 10.4 Å². The molecule has 1 aromatic heterocycles. The Kier molecular flexibility index (Phi) is 6.76. The molecule has 31 heavy (non-hydrogen) atoms. The molecule has 0 saturated carbocycles. The van der Waals surface area contributed by atoms with Crippen LogP contribution in [-0.4, -0.2) is 28.0 Å². The fourth-order valence-corrected chi connectivity index (χ4v) is 4.99. The third-order valence-electron chi connectivity index (χ3n) is 4.75. The van der Waals surface area contributed by atoms with Crippen molar-refractivity contribution in [2.75, 3.05) is 5.75 Å². The lowest BCUT2D eigenvalue weighted by Crippen LogP contribution is -2.20. The molecule has 0 aliphatic heterocycles. The standard InChI is InChI=1S/C24H29N3O2S2/c1-23(2,3)16-11-15(12-17(21(16)29)24(4,5)6)13-25-27-20(28)14-30-22-26-18-9-7-8-10-19(18)31-22/h7-13,29H,14H2,1-6H3,(H,27,28)/b25-13-. The van der Waals surface area contributed by atoms with Crippen LogP contribution in [0.15, 0.2) is 45.8 Å². The second kappa shape index (κ2) is 9.01. The number of carbonyl (C=O) groups excluding carboxylic acids is 1. The van der Waals surface area contributed by atoms with Crippen molar-refractivity contribution in [2.24, 2.45) is 5.10 Å². The van der Waals surface area contributed by atoms with E-state index in [1.165, 1.54) is 11.8 Å². The summed E-state index contributed by atoms with van der Waals surface area (Å²) in [6, 6.07) is 11.8. The van der Waals surface area contributed by atoms with Gasteiger partial charge in [0.25, 0.3) is 5.91 Å². The van der Waals surface area contributed by atoms with Crippen molar-refractivity contribution in [2.45, 2.75) is 56.7 Å². The number of fused-ring (bicyclic) bond motifs is 1. The molecule has 1 amide bonds. The minimum Gasteiger partial charge on any atom is -0.507 e. The molecular weight excluding hydrogens is 426 g/mol. The first-order chi connectivity index (χ1) is 14.4. The minimum absolute atomic E-state index is 0.189. The summed E-state index contributed by atoms with van der Waals surface area (Å²) in [6.45, 7) is 12.4. The normalized spacial score (nSPS) is 12.6. The summed E-state index contributed by atoms with van der Waals surface area (Å²) in [7, 11) is 0. The zero-order valence-corrected chi connectivity index (χ0v) is 20.4. The van der Waals surface area contributed by atoms with Crippen molar-refractivity contribution in [1.29, 1.82) is 0 Å². The number of phenolic OH excluding ortho intramolecular Hbond substituents is 1. The van der Waals surface area contributed by atoms with Gasteiger partial charge in [0.05, 0.1) is 22.2 Å². The number of phenols is 1. The number of hydrogen-bond donors (Lipinski definition) is 2. The van der Waals surface area contributed by atoms with E-state index in [0.717, 1.165) is 31.2 Å². The van der Waals surface area contributed by atoms with Gasteiger partial charge in [0.1, 0.15) is 5.75 Å². The van der Waals surface area contributed by atoms with Gasteiger partial charge < -0.3 is 5.11 Å². The molecule has 0 radical (unpaired) electrons. The highest BCUT2D eigenvalue weighted by atomic mass is 32.2. The molecule has 3 rings (SSSR count). The highest BCUT2D eigenvalue weighted by Crippen LogP contribution is 2.39. The number of nitrogens with one attached hydrogen (secondary N) is 1. The Hall–Kier alpha value is -2.38. The van der Waals surface area contributed by atoms with Gasteiger partial charge in [0.2, 0.25) is 0 Å². The Bertz CT molecular complexity index is 1050. The average molecular weight is 456 g/mol. The summed E-state index contributed by atoms with van der Waals surface area (Å²) < 4.78 is 1.98. The van der Waals surface area contributed by atoms with Crippen LogP contribution in [0.3, 0.4) is 0 Å². The quantitative estimate of drug-likeness (QED) is 0.288. The number of amides is 1. The van der Waals surface area contributed by atoms with Gasteiger partial charge in [0.15, 0.2) is 4.34 Å². The van der Waals surface area contributed by atoms with E-state index in [2.05, 4.69) is 57.1 Å². The molecule has 3 aromatic rings. The molecule has 0 bridgehead atoms. The summed E-state index contributed by atoms with van der Waals surface area (Å²) >= 11 is 2.98. The summed E-state index contributed by atoms with van der Waals surface area (Å²) in [5.41, 5.74) is 5.67. The molecule has 5 nitrogen and oxygen atoms in total. The second-order valence-electron chi connectivity index (χ2n) is 9.49. The number of thiazole rings is 1. The van der Waals surface area contributed by atoms with Gasteiger partial charge in [-0.15, -0.1) is 11.3 Å². The van der Waals surface area contributed by atoms with E-state index in [9.17, 15) is 9.90 Å². The number of para-hydroxylation sites is 1. The molecule has 1 heterocycles. The van der Waals surface area contributed by atoms with E-state index < -0.39 is 0 Å². The van der Waals surface area contributed by atoms with E-state index in [4.69, 9.17) is 0 Å². The number of hydrazone groups is 1. The number of hydrogen-bond acceptors (Lipinski definition) is 6. The lowest BCUT2D eigenvalue weighted by atomic mass is 9.78. The molecule has 0 saturated heterocycles. The van der Waals surface area contributed by atoms with E-state index >= 15 is 0 Å². The average Bonchev–Trinajstić information content (AvgIpc) is 3.08. The molecule has 0 aliphatic carbocycles. The fourth-order valence-electron chi connectivity index (χ4n) is 3.13. The first kappa shape index (κ1) is 23.3. The maximum atomic E-state index is 12.2. The smallest absolute Gasteiger partial charge is 0.250 e. The van der Waals surface area contributed by atoms with Crippen LogP contribution in [0.4, 0.5) is 0 Å². The van der Waals surface area contributed by atoms with Crippen LogP contribution < -0.4 is 5.43 Å². The molecule has 0 atom stereocenters. The van der Waals surface area contributed by atoms with Crippen LogP contribution in [-0.2, 0) is 15.6 Å². The molecule has 0 unspecified atom stereocenters. The van der Waals surface area contributed by atoms with E-state index in [0.29, 0.717) is 5.75 Å². The lowest BCUT2D eigenvalue weighted by Gasteiger charge is -2.27. The molecule has 7 heteroatoms. The zero-order valence-electron chi connectivity index (χ0n) is 18.8. The fraction of sp³-hybridized carbons (Fsp3) is 0.375. The van der Waals surface area contributed by atoms with Crippen molar-refractivity contribution >= 4 is 45.4 Å². The number of aromatic nitrogens is 1. The monoisotopic (exact) mass is 455 g/mol. The molecule has 2 aromatic carbocycles. The van der Waals surface area contributed by atoms with Crippen molar-refractivity contribution in [3.05, 3.63) is 53.1 Å². The van der Waals surface area contributed by atoms with Gasteiger partial charge in [-0.2, -0.15) is 5.10 Å². The topological polar surface area (TPSA) is 74.6 Å². The third-order valence-corrected chi connectivity index (χ3v) is 6.93. The van der Waals surface area contributed by atoms with E-state index in [1.54, 1.807) is 17.6 Å². The number of aromatic hydroxyl groups is 1. The highest BCUT2D eigenvalue weighted by molar-refractivity contribution is 8.01. The predicted octanol–water partition coefficient (Wildman–Crippen LogP) is 5.84. The van der Waals surface area contributed by atoms with Crippen LogP contribution in [0, 0.1) is 0 Å². The first-order valence-electron chi connectivity index (χ1n) is 10.1. The minimum atomic E-state index is -0.217. The molecule has 0 fully saturated rings. The SMILES string of the molecule is CC(C)(C)c1cc(/C=N\NC(=O)CSc2nc3ccccc3s2)cc(C(C)(C)C)c1O. The molecule has 0 spiro atoms. The predicted molar refractivity (Wildman–Crippen MR) is 132 cm³/mol. The van der Waals surface area contributed by atoms with Gasteiger partial charge in [0, 0.05) is 11.1 Å². The number of rotatable bonds is 5. The largest absolute Gasteiger partial charge is 0.507 e. The second-order valence-corrected chi connectivity index (χ2v) is 11.7. The van der Waals surface area contributed by atoms with E-state index in [1.807, 2.05) is 36.4 Å². The Morgan fingerprint density at radius 2 is 1.74 bits per heavy atom. The van der Waals surface area contributed by atoms with Gasteiger partial charge in [-0.3, -0.25) is 4.79 Å². The highest BCUT2D eigenvalue weighted by Gasteiger charge is 2.26. The lowest BCUT2D eigenvalue weighted by molar-refractivity contribution is -0.118. The van der Waals surface area contributed by atoms with Crippen LogP contribution in [0.1, 0.15) is 58.2 Å². The molecule has 164 valence electrons. The number of benzene rings is 2. The van der Waals surface area contributed by atoms with Crippen molar-refractivity contribution in [3.63, 3.8) is 0 Å². The number of thioether (sulfide) groups is 1. The van der Waals surface area contributed by atoms with Gasteiger partial charge in [-0.25, -0.2) is 10.4 Å². The van der Waals surface area contributed by atoms with Crippen molar-refractivity contribution < 1.29 is 9.90 Å². The van der Waals surface area contributed by atoms with E-state index in [-0.39, 0.29) is 22.5 Å². The van der Waals surface area contributed by atoms with Crippen LogP contribution in [0.2, 0.25) is 0 Å². The van der Waals surface area contributed by atoms with Crippen LogP contribution in [0.5, 0.6) is 5.75 Å². The van der Waals surface area contributed by atoms with Gasteiger partial charge in [-0.1, -0.05) is 65.4 Å². The third kappa shape index (κ3) is 5.86. The van der Waals surface area contributed by atoms with Crippen LogP contribution >= 0.6 is 23.1 Å². The first-order valence-corrected chi connectivity index (χ1v) is 11.9. The molecule has 0 aliphatic rings. The zero-order chi connectivity index (χ0) is 22.8. The summed E-state index contributed by atoms with van der Waals surface area (Å²) in [6.07, 6.45) is 1.63. The molecular formula is C24H29N3O2S2. The maximum absolute atomic E-state index is 12.2. The Labute approximate surface area is 192 Å². The van der Waals surface area contributed by atoms with Crippen LogP contribution in [0.25, 0.3) is 10.2 Å². The number of carbonyl (C=O) groups is 1. The Morgan fingerprint density at radius 3 is 2.32 bits per heavy atom. The van der Waals surface area contributed by atoms with Gasteiger partial charge >= 0.3 is 0 Å².